The van der Waals surface area contributed by atoms with Crippen molar-refractivity contribution in [3.8, 4) is 0 Å². The Morgan fingerprint density at radius 1 is 1.17 bits per heavy atom. The van der Waals surface area contributed by atoms with Crippen molar-refractivity contribution >= 4 is 22.8 Å². The summed E-state index contributed by atoms with van der Waals surface area (Å²) in [6, 6.07) is 4.73. The average Bonchev–Trinajstić information content (AvgIpc) is 2.86. The van der Waals surface area contributed by atoms with Crippen LogP contribution in [-0.2, 0) is 26.4 Å². The van der Waals surface area contributed by atoms with Gasteiger partial charge in [-0.25, -0.2) is 9.00 Å². The molecule has 3 rings (SSSR count). The Kier molecular flexibility index (Phi) is 6.65. The molecule has 2 aliphatic rings. The predicted molar refractivity (Wildman–Crippen MR) is 109 cm³/mol. The van der Waals surface area contributed by atoms with Gasteiger partial charge in [-0.1, -0.05) is 19.9 Å². The first-order chi connectivity index (χ1) is 14.0. The van der Waals surface area contributed by atoms with E-state index in [1.807, 2.05) is 0 Å². The molecular formula is C22H27F3O4S. The number of benzene rings is 1. The summed E-state index contributed by atoms with van der Waals surface area (Å²) in [4.78, 5) is 11.9. The van der Waals surface area contributed by atoms with E-state index in [1.54, 1.807) is 12.1 Å². The molecule has 1 aromatic rings. The Labute approximate surface area is 177 Å². The number of rotatable bonds is 4. The summed E-state index contributed by atoms with van der Waals surface area (Å²) in [5.41, 5.74) is -2.42. The quantitative estimate of drug-likeness (QED) is 0.540. The van der Waals surface area contributed by atoms with Gasteiger partial charge in [0.05, 0.1) is 12.7 Å². The van der Waals surface area contributed by atoms with Crippen LogP contribution in [0, 0.1) is 11.3 Å². The molecule has 0 aromatic heterocycles. The molecule has 0 bridgehead atoms. The number of hydrogen-bond acceptors (Lipinski definition) is 4. The molecule has 0 heterocycles. The van der Waals surface area contributed by atoms with Crippen LogP contribution in [0.1, 0.15) is 73.9 Å². The summed E-state index contributed by atoms with van der Waals surface area (Å²) < 4.78 is 60.9. The summed E-state index contributed by atoms with van der Waals surface area (Å²) >= 11 is -3.46. The maximum absolute atomic E-state index is 13.1. The Balaban J connectivity index is 2.06. The first-order valence-electron chi connectivity index (χ1n) is 10.1. The van der Waals surface area contributed by atoms with Crippen LogP contribution in [0.5, 0.6) is 0 Å². The van der Waals surface area contributed by atoms with Gasteiger partial charge in [0.1, 0.15) is 5.76 Å². The zero-order valence-electron chi connectivity index (χ0n) is 17.4. The SMILES string of the molecule is COC(=O)c1ccc2c(c1)CCCC(C1CCC(C)(C)CC1)=C2OS(=O)C(F)(F)F. The van der Waals surface area contributed by atoms with Gasteiger partial charge >= 0.3 is 22.6 Å². The molecule has 1 aromatic carbocycles. The van der Waals surface area contributed by atoms with Crippen molar-refractivity contribution in [2.24, 2.45) is 11.3 Å². The van der Waals surface area contributed by atoms with E-state index >= 15 is 0 Å². The van der Waals surface area contributed by atoms with E-state index in [9.17, 15) is 22.2 Å². The number of alkyl halides is 3. The fraction of sp³-hybridized carbons (Fsp3) is 0.591. The second kappa shape index (κ2) is 8.73. The van der Waals surface area contributed by atoms with Crippen molar-refractivity contribution < 1.29 is 31.1 Å². The topological polar surface area (TPSA) is 52.6 Å². The largest absolute Gasteiger partial charge is 0.508 e. The van der Waals surface area contributed by atoms with Crippen LogP contribution in [-0.4, -0.2) is 22.8 Å². The van der Waals surface area contributed by atoms with Gasteiger partial charge in [-0.15, -0.1) is 0 Å². The third-order valence-electron chi connectivity index (χ3n) is 6.13. The normalized spacial score (nSPS) is 20.9. The minimum atomic E-state index is -4.97. The molecule has 4 nitrogen and oxygen atoms in total. The lowest BCUT2D eigenvalue weighted by molar-refractivity contribution is -0.0445. The molecule has 1 atom stereocenters. The van der Waals surface area contributed by atoms with E-state index < -0.39 is 22.6 Å². The van der Waals surface area contributed by atoms with Crippen LogP contribution in [0.25, 0.3) is 5.76 Å². The van der Waals surface area contributed by atoms with E-state index in [0.29, 0.717) is 29.5 Å². The molecule has 0 N–H and O–H groups in total. The van der Waals surface area contributed by atoms with Crippen LogP contribution in [0.4, 0.5) is 13.2 Å². The van der Waals surface area contributed by atoms with Gasteiger partial charge in [0.15, 0.2) is 0 Å². The first-order valence-corrected chi connectivity index (χ1v) is 11.2. The fourth-order valence-corrected chi connectivity index (χ4v) is 4.82. The van der Waals surface area contributed by atoms with Crippen LogP contribution >= 0.6 is 0 Å². The van der Waals surface area contributed by atoms with Crippen molar-refractivity contribution in [3.05, 3.63) is 40.5 Å². The van der Waals surface area contributed by atoms with Crippen molar-refractivity contribution in [1.29, 1.82) is 0 Å². The van der Waals surface area contributed by atoms with E-state index in [4.69, 9.17) is 8.92 Å². The van der Waals surface area contributed by atoms with Crippen LogP contribution in [0.15, 0.2) is 23.8 Å². The number of halogens is 3. The number of allylic oxidation sites excluding steroid dienone is 1. The lowest BCUT2D eigenvalue weighted by atomic mass is 9.70. The van der Waals surface area contributed by atoms with Crippen LogP contribution in [0.2, 0.25) is 0 Å². The molecule has 0 radical (unpaired) electrons. The lowest BCUT2D eigenvalue weighted by Crippen LogP contribution is -2.24. The van der Waals surface area contributed by atoms with Crippen LogP contribution < -0.4 is 0 Å². The highest BCUT2D eigenvalue weighted by molar-refractivity contribution is 7.81. The van der Waals surface area contributed by atoms with E-state index in [2.05, 4.69) is 13.8 Å². The highest BCUT2D eigenvalue weighted by atomic mass is 32.2. The summed E-state index contributed by atoms with van der Waals surface area (Å²) in [7, 11) is 1.28. The number of esters is 1. The second-order valence-electron chi connectivity index (χ2n) is 8.77. The van der Waals surface area contributed by atoms with Crippen LogP contribution in [0.3, 0.4) is 0 Å². The molecule has 0 spiro atoms. The van der Waals surface area contributed by atoms with Crippen molar-refractivity contribution in [2.75, 3.05) is 7.11 Å². The monoisotopic (exact) mass is 444 g/mol. The van der Waals surface area contributed by atoms with Gasteiger partial charge in [0.2, 0.25) is 0 Å². The predicted octanol–water partition coefficient (Wildman–Crippen LogP) is 5.94. The van der Waals surface area contributed by atoms with Gasteiger partial charge in [-0.2, -0.15) is 13.2 Å². The lowest BCUT2D eigenvalue weighted by Gasteiger charge is -2.36. The number of carbonyl (C=O) groups excluding carboxylic acids is 1. The summed E-state index contributed by atoms with van der Waals surface area (Å²) in [5.74, 6) is -0.342. The first kappa shape index (κ1) is 22.8. The molecule has 0 aliphatic heterocycles. The number of hydrogen-bond donors (Lipinski definition) is 0. The number of fused-ring (bicyclic) bond motifs is 1. The standard InChI is InChI=1S/C22H27F3O4S/c1-21(2)11-9-14(10-12-21)17-6-4-5-15-13-16(20(26)28-3)7-8-18(15)19(17)29-30(27)22(23,24)25/h7-8,13-14H,4-6,9-12H2,1-3H3. The highest BCUT2D eigenvalue weighted by Gasteiger charge is 2.42. The Bertz CT molecular complexity index is 864. The van der Waals surface area contributed by atoms with Gasteiger partial charge in [-0.3, -0.25) is 0 Å². The van der Waals surface area contributed by atoms with Gasteiger partial charge in [0, 0.05) is 5.56 Å². The molecule has 8 heteroatoms. The number of aryl methyl sites for hydroxylation is 1. The smallest absolute Gasteiger partial charge is 0.465 e. The molecule has 1 unspecified atom stereocenters. The Hall–Kier alpha value is -1.83. The third kappa shape index (κ3) is 5.07. The maximum atomic E-state index is 13.1. The molecule has 0 saturated heterocycles. The zero-order valence-corrected chi connectivity index (χ0v) is 18.3. The van der Waals surface area contributed by atoms with Crippen molar-refractivity contribution in [1.82, 2.24) is 0 Å². The minimum Gasteiger partial charge on any atom is -0.465 e. The summed E-state index contributed by atoms with van der Waals surface area (Å²) in [5, 5.41) is 0. The Morgan fingerprint density at radius 3 is 2.43 bits per heavy atom. The second-order valence-corrected chi connectivity index (χ2v) is 9.87. The fourth-order valence-electron chi connectivity index (χ4n) is 4.38. The molecular weight excluding hydrogens is 417 g/mol. The Morgan fingerprint density at radius 2 is 1.83 bits per heavy atom. The van der Waals surface area contributed by atoms with Gasteiger partial charge in [-0.05, 0) is 79.5 Å². The number of methoxy groups -OCH3 is 1. The molecule has 1 fully saturated rings. The molecule has 2 aliphatic carbocycles. The van der Waals surface area contributed by atoms with Crippen molar-refractivity contribution in [2.45, 2.75) is 64.3 Å². The molecule has 1 saturated carbocycles. The highest BCUT2D eigenvalue weighted by Crippen LogP contribution is 2.46. The summed E-state index contributed by atoms with van der Waals surface area (Å²) in [6.45, 7) is 4.40. The average molecular weight is 445 g/mol. The van der Waals surface area contributed by atoms with Crippen molar-refractivity contribution in [3.63, 3.8) is 0 Å². The molecule has 166 valence electrons. The third-order valence-corrected chi connectivity index (χ3v) is 6.83. The molecule has 30 heavy (non-hydrogen) atoms. The van der Waals surface area contributed by atoms with Gasteiger partial charge in [0.25, 0.3) is 0 Å². The maximum Gasteiger partial charge on any atom is 0.508 e. The van der Waals surface area contributed by atoms with E-state index in [-0.39, 0.29) is 17.1 Å². The van der Waals surface area contributed by atoms with E-state index in [1.165, 1.54) is 13.2 Å². The van der Waals surface area contributed by atoms with E-state index in [0.717, 1.165) is 37.7 Å². The number of ether oxygens (including phenoxy) is 1. The minimum absolute atomic E-state index is 0.0688. The zero-order chi connectivity index (χ0) is 22.1. The summed E-state index contributed by atoms with van der Waals surface area (Å²) in [6.07, 6.45) is 5.58. The van der Waals surface area contributed by atoms with Gasteiger partial charge < -0.3 is 8.92 Å². The number of carbonyl (C=O) groups is 1. The molecule has 0 amide bonds.